The van der Waals surface area contributed by atoms with E-state index in [1.54, 1.807) is 30.3 Å². The van der Waals surface area contributed by atoms with E-state index < -0.39 is 0 Å². The molecular weight excluding hydrogens is 348 g/mol. The Bertz CT molecular complexity index is 820. The zero-order chi connectivity index (χ0) is 19.8. The van der Waals surface area contributed by atoms with E-state index in [1.165, 1.54) is 14.2 Å². The maximum atomic E-state index is 12.3. The number of rotatable bonds is 8. The maximum Gasteiger partial charge on any atom is 0.251 e. The van der Waals surface area contributed by atoms with Crippen LogP contribution in [-0.2, 0) is 4.79 Å². The number of benzene rings is 2. The van der Waals surface area contributed by atoms with Crippen molar-refractivity contribution >= 4 is 17.5 Å². The van der Waals surface area contributed by atoms with Gasteiger partial charge in [0.2, 0.25) is 5.91 Å². The van der Waals surface area contributed by atoms with Crippen molar-refractivity contribution in [1.29, 1.82) is 0 Å². The number of hydrogen-bond acceptors (Lipinski definition) is 5. The van der Waals surface area contributed by atoms with Crippen LogP contribution in [0.4, 0.5) is 5.69 Å². The van der Waals surface area contributed by atoms with Gasteiger partial charge in [-0.1, -0.05) is 6.07 Å². The zero-order valence-corrected chi connectivity index (χ0v) is 15.9. The molecule has 0 aromatic heterocycles. The Labute approximate surface area is 158 Å². The molecule has 27 heavy (non-hydrogen) atoms. The van der Waals surface area contributed by atoms with E-state index in [9.17, 15) is 9.59 Å². The van der Waals surface area contributed by atoms with Crippen LogP contribution in [0.2, 0.25) is 0 Å². The summed E-state index contributed by atoms with van der Waals surface area (Å²) in [5.74, 6) is 0.826. The smallest absolute Gasteiger partial charge is 0.251 e. The third-order valence-electron chi connectivity index (χ3n) is 3.76. The predicted molar refractivity (Wildman–Crippen MR) is 103 cm³/mol. The Hall–Kier alpha value is -3.22. The zero-order valence-electron chi connectivity index (χ0n) is 15.9. The summed E-state index contributed by atoms with van der Waals surface area (Å²) in [6.45, 7) is 4.03. The summed E-state index contributed by atoms with van der Waals surface area (Å²) >= 11 is 0. The molecule has 2 N–H and O–H groups in total. The number of carbonyl (C=O) groups excluding carboxylic acids is 2. The third-order valence-corrected chi connectivity index (χ3v) is 3.76. The van der Waals surface area contributed by atoms with Crippen molar-refractivity contribution in [2.24, 2.45) is 0 Å². The van der Waals surface area contributed by atoms with Gasteiger partial charge in [0.1, 0.15) is 5.75 Å². The lowest BCUT2D eigenvalue weighted by molar-refractivity contribution is -0.115. The van der Waals surface area contributed by atoms with Crippen LogP contribution < -0.4 is 24.8 Å². The number of aryl methyl sites for hydroxylation is 1. The molecule has 0 radical (unpaired) electrons. The number of amides is 2. The third kappa shape index (κ3) is 5.37. The molecule has 0 saturated carbocycles. The summed E-state index contributed by atoms with van der Waals surface area (Å²) in [6, 6.07) is 10.3. The van der Waals surface area contributed by atoms with Gasteiger partial charge in [0, 0.05) is 5.56 Å². The van der Waals surface area contributed by atoms with E-state index in [0.717, 1.165) is 5.56 Å². The van der Waals surface area contributed by atoms with Gasteiger partial charge in [0.25, 0.3) is 5.91 Å². The molecule has 0 aliphatic rings. The number of ether oxygens (including phenoxy) is 3. The lowest BCUT2D eigenvalue weighted by Gasteiger charge is -2.12. The fourth-order valence-electron chi connectivity index (χ4n) is 2.46. The highest BCUT2D eigenvalue weighted by molar-refractivity contribution is 6.00. The fraction of sp³-hybridized carbons (Fsp3) is 0.300. The maximum absolute atomic E-state index is 12.3. The van der Waals surface area contributed by atoms with E-state index in [4.69, 9.17) is 14.2 Å². The van der Waals surface area contributed by atoms with E-state index >= 15 is 0 Å². The van der Waals surface area contributed by atoms with Crippen LogP contribution in [0.3, 0.4) is 0 Å². The Kier molecular flexibility index (Phi) is 7.05. The minimum absolute atomic E-state index is 0.175. The predicted octanol–water partition coefficient (Wildman–Crippen LogP) is 2.78. The van der Waals surface area contributed by atoms with Crippen LogP contribution in [-0.4, -0.2) is 39.2 Å². The number of nitrogens with one attached hydrogen (secondary N) is 2. The van der Waals surface area contributed by atoms with E-state index in [2.05, 4.69) is 10.6 Å². The Morgan fingerprint density at radius 3 is 2.33 bits per heavy atom. The molecule has 0 aliphatic heterocycles. The highest BCUT2D eigenvalue weighted by atomic mass is 16.5. The van der Waals surface area contributed by atoms with Gasteiger partial charge in [-0.2, -0.15) is 0 Å². The second-order valence-corrected chi connectivity index (χ2v) is 5.73. The van der Waals surface area contributed by atoms with E-state index in [0.29, 0.717) is 35.1 Å². The molecule has 2 amide bonds. The molecule has 0 heterocycles. The molecule has 0 aliphatic carbocycles. The first-order valence-electron chi connectivity index (χ1n) is 8.52. The molecule has 0 atom stereocenters. The van der Waals surface area contributed by atoms with Crippen LogP contribution in [0.25, 0.3) is 0 Å². The lowest BCUT2D eigenvalue weighted by atomic mass is 10.2. The summed E-state index contributed by atoms with van der Waals surface area (Å²) in [7, 11) is 3.06. The number of carbonyl (C=O) groups is 2. The molecular formula is C20H24N2O5. The summed E-state index contributed by atoms with van der Waals surface area (Å²) in [4.78, 5) is 24.5. The van der Waals surface area contributed by atoms with Crippen LogP contribution >= 0.6 is 0 Å². The molecule has 0 unspecified atom stereocenters. The molecule has 2 aromatic rings. The van der Waals surface area contributed by atoms with Crippen molar-refractivity contribution in [3.63, 3.8) is 0 Å². The molecule has 7 heteroatoms. The van der Waals surface area contributed by atoms with Gasteiger partial charge >= 0.3 is 0 Å². The molecule has 0 bridgehead atoms. The second kappa shape index (κ2) is 9.47. The van der Waals surface area contributed by atoms with Gasteiger partial charge in [-0.05, 0) is 49.7 Å². The van der Waals surface area contributed by atoms with Gasteiger partial charge in [-0.3, -0.25) is 9.59 Å². The molecule has 0 fully saturated rings. The molecule has 7 nitrogen and oxygen atoms in total. The molecule has 0 spiro atoms. The molecule has 144 valence electrons. The summed E-state index contributed by atoms with van der Waals surface area (Å²) < 4.78 is 15.9. The number of anilines is 1. The van der Waals surface area contributed by atoms with E-state index in [1.807, 2.05) is 19.9 Å². The van der Waals surface area contributed by atoms with Gasteiger partial charge in [-0.25, -0.2) is 0 Å². The van der Waals surface area contributed by atoms with Gasteiger partial charge < -0.3 is 24.8 Å². The van der Waals surface area contributed by atoms with Crippen molar-refractivity contribution < 1.29 is 23.8 Å². The molecule has 2 aromatic carbocycles. The Morgan fingerprint density at radius 2 is 1.67 bits per heavy atom. The normalized spacial score (nSPS) is 10.1. The topological polar surface area (TPSA) is 85.9 Å². The first kappa shape index (κ1) is 20.1. The highest BCUT2D eigenvalue weighted by Crippen LogP contribution is 2.28. The number of methoxy groups -OCH3 is 2. The van der Waals surface area contributed by atoms with Gasteiger partial charge in [-0.15, -0.1) is 0 Å². The average Bonchev–Trinajstić information content (AvgIpc) is 2.66. The first-order valence-corrected chi connectivity index (χ1v) is 8.52. The largest absolute Gasteiger partial charge is 0.495 e. The second-order valence-electron chi connectivity index (χ2n) is 5.73. The summed E-state index contributed by atoms with van der Waals surface area (Å²) in [5.41, 5.74) is 1.91. The minimum atomic E-state index is -0.384. The minimum Gasteiger partial charge on any atom is -0.495 e. The van der Waals surface area contributed by atoms with Crippen LogP contribution in [0.15, 0.2) is 36.4 Å². The van der Waals surface area contributed by atoms with Crippen LogP contribution in [0, 0.1) is 6.92 Å². The van der Waals surface area contributed by atoms with Crippen LogP contribution in [0.1, 0.15) is 22.8 Å². The van der Waals surface area contributed by atoms with Crippen molar-refractivity contribution in [2.45, 2.75) is 13.8 Å². The van der Waals surface area contributed by atoms with Crippen LogP contribution in [0.5, 0.6) is 17.2 Å². The summed E-state index contributed by atoms with van der Waals surface area (Å²) in [6.07, 6.45) is 0. The average molecular weight is 372 g/mol. The summed E-state index contributed by atoms with van der Waals surface area (Å²) in [5, 5.41) is 5.33. The Morgan fingerprint density at radius 1 is 0.963 bits per heavy atom. The molecule has 2 rings (SSSR count). The SMILES string of the molecule is CCOc1cc(C(=O)NCC(=O)Nc2cc(C)ccc2OC)ccc1OC. The van der Waals surface area contributed by atoms with Gasteiger partial charge in [0.15, 0.2) is 11.5 Å². The van der Waals surface area contributed by atoms with Crippen molar-refractivity contribution in [3.05, 3.63) is 47.5 Å². The monoisotopic (exact) mass is 372 g/mol. The van der Waals surface area contributed by atoms with Crippen molar-refractivity contribution in [1.82, 2.24) is 5.32 Å². The fourth-order valence-corrected chi connectivity index (χ4v) is 2.46. The highest BCUT2D eigenvalue weighted by Gasteiger charge is 2.13. The number of hydrogen-bond donors (Lipinski definition) is 2. The van der Waals surface area contributed by atoms with Gasteiger partial charge in [0.05, 0.1) is 33.1 Å². The Balaban J connectivity index is 2.00. The standard InChI is InChI=1S/C20H24N2O5/c1-5-27-18-11-14(7-9-17(18)26-4)20(24)21-12-19(23)22-15-10-13(2)6-8-16(15)25-3/h6-11H,5,12H2,1-4H3,(H,21,24)(H,22,23). The lowest BCUT2D eigenvalue weighted by Crippen LogP contribution is -2.33. The van der Waals surface area contributed by atoms with Crippen molar-refractivity contribution in [2.75, 3.05) is 32.7 Å². The molecule has 0 saturated heterocycles. The van der Waals surface area contributed by atoms with E-state index in [-0.39, 0.29) is 18.4 Å². The quantitative estimate of drug-likeness (QED) is 0.744. The first-order chi connectivity index (χ1) is 13.0. The van der Waals surface area contributed by atoms with Crippen molar-refractivity contribution in [3.8, 4) is 17.2 Å².